The minimum Gasteiger partial charge on any atom is -0.476 e. The van der Waals surface area contributed by atoms with Gasteiger partial charge in [0.15, 0.2) is 5.60 Å². The zero-order valence-electron chi connectivity index (χ0n) is 20.5. The molecule has 194 valence electrons. The molecule has 0 aromatic heterocycles. The van der Waals surface area contributed by atoms with Gasteiger partial charge >= 0.3 is 12.1 Å². The van der Waals surface area contributed by atoms with E-state index in [4.69, 9.17) is 31.5 Å². The van der Waals surface area contributed by atoms with Crippen molar-refractivity contribution >= 4 is 29.6 Å². The predicted molar refractivity (Wildman–Crippen MR) is 135 cm³/mol. The smallest absolute Gasteiger partial charge is 0.412 e. The summed E-state index contributed by atoms with van der Waals surface area (Å²) in [6, 6.07) is 13.8. The van der Waals surface area contributed by atoms with Crippen molar-refractivity contribution in [2.45, 2.75) is 44.8 Å². The van der Waals surface area contributed by atoms with E-state index in [0.29, 0.717) is 42.4 Å². The third-order valence-corrected chi connectivity index (χ3v) is 5.93. The fourth-order valence-corrected chi connectivity index (χ4v) is 3.78. The summed E-state index contributed by atoms with van der Waals surface area (Å²) in [5.74, 6) is -0.359. The van der Waals surface area contributed by atoms with Gasteiger partial charge in [-0.2, -0.15) is 0 Å². The third-order valence-electron chi connectivity index (χ3n) is 5.68. The molecule has 9 nitrogen and oxygen atoms in total. The number of benzene rings is 2. The van der Waals surface area contributed by atoms with Crippen LogP contribution >= 0.6 is 11.6 Å². The van der Waals surface area contributed by atoms with Crippen LogP contribution in [-0.2, 0) is 20.7 Å². The van der Waals surface area contributed by atoms with Gasteiger partial charge in [-0.15, -0.1) is 0 Å². The molecular formula is C26H32ClN3O6. The number of likely N-dealkylation sites (tertiary alicyclic amines) is 1. The molecule has 1 saturated heterocycles. The molecule has 1 aliphatic rings. The summed E-state index contributed by atoms with van der Waals surface area (Å²) in [5.41, 5.74) is 6.11. The Labute approximate surface area is 215 Å². The largest absolute Gasteiger partial charge is 0.476 e. The van der Waals surface area contributed by atoms with Crippen molar-refractivity contribution in [3.8, 4) is 5.75 Å². The number of carbonyl (C=O) groups excluding carboxylic acids is 3. The highest BCUT2D eigenvalue weighted by Crippen LogP contribution is 2.21. The summed E-state index contributed by atoms with van der Waals surface area (Å²) in [6.45, 7) is 4.09. The molecule has 1 fully saturated rings. The van der Waals surface area contributed by atoms with Crippen LogP contribution in [0.4, 0.5) is 4.79 Å². The molecule has 0 aliphatic carbocycles. The minimum absolute atomic E-state index is 0.0688. The zero-order chi connectivity index (χ0) is 26.1. The maximum absolute atomic E-state index is 12.5. The van der Waals surface area contributed by atoms with Gasteiger partial charge in [-0.25, -0.2) is 9.59 Å². The Bertz CT molecular complexity index is 1040. The number of carbonyl (C=O) groups is 3. The second-order valence-electron chi connectivity index (χ2n) is 9.08. The first-order chi connectivity index (χ1) is 17.1. The molecule has 36 heavy (non-hydrogen) atoms. The first-order valence-corrected chi connectivity index (χ1v) is 12.2. The number of hydrogen-bond donors (Lipinski definition) is 2. The lowest BCUT2D eigenvalue weighted by atomic mass is 10.1. The molecule has 2 aromatic carbocycles. The molecule has 0 radical (unpaired) electrons. The fraction of sp³-hybridized carbons (Fsp3) is 0.423. The van der Waals surface area contributed by atoms with Crippen LogP contribution in [-0.4, -0.2) is 60.9 Å². The van der Waals surface area contributed by atoms with Crippen molar-refractivity contribution in [1.29, 1.82) is 0 Å². The SMILES string of the molecule is CC(C)(Oc1ccc(CCNC(=O)c2ccc(Cl)cc2)cc1)C(=O)OCOC(=O)N1CCC[C@@H](N)C1. The Balaban J connectivity index is 1.40. The van der Waals surface area contributed by atoms with Crippen molar-refractivity contribution in [1.82, 2.24) is 10.2 Å². The van der Waals surface area contributed by atoms with E-state index in [2.05, 4.69) is 5.32 Å². The number of esters is 1. The van der Waals surface area contributed by atoms with E-state index in [1.807, 2.05) is 12.1 Å². The minimum atomic E-state index is -1.30. The monoisotopic (exact) mass is 517 g/mol. The lowest BCUT2D eigenvalue weighted by molar-refractivity contribution is -0.168. The van der Waals surface area contributed by atoms with Gasteiger partial charge < -0.3 is 30.2 Å². The van der Waals surface area contributed by atoms with Gasteiger partial charge in [0.25, 0.3) is 5.91 Å². The van der Waals surface area contributed by atoms with Crippen molar-refractivity contribution < 1.29 is 28.6 Å². The molecule has 2 aromatic rings. The number of nitrogens with one attached hydrogen (secondary N) is 1. The molecule has 3 N–H and O–H groups in total. The highest BCUT2D eigenvalue weighted by atomic mass is 35.5. The summed E-state index contributed by atoms with van der Waals surface area (Å²) >= 11 is 5.84. The third kappa shape index (κ3) is 8.13. The molecule has 1 atom stereocenters. The van der Waals surface area contributed by atoms with Crippen LogP contribution in [0.2, 0.25) is 5.02 Å². The maximum atomic E-state index is 12.5. The number of amides is 2. The summed E-state index contributed by atoms with van der Waals surface area (Å²) < 4.78 is 15.9. The van der Waals surface area contributed by atoms with Gasteiger partial charge in [0.2, 0.25) is 6.79 Å². The first-order valence-electron chi connectivity index (χ1n) is 11.8. The zero-order valence-corrected chi connectivity index (χ0v) is 21.3. The second-order valence-corrected chi connectivity index (χ2v) is 9.51. The van der Waals surface area contributed by atoms with Gasteiger partial charge in [0.1, 0.15) is 5.75 Å². The normalized spacial score (nSPS) is 15.7. The van der Waals surface area contributed by atoms with E-state index in [-0.39, 0.29) is 11.9 Å². The van der Waals surface area contributed by atoms with E-state index in [0.717, 1.165) is 18.4 Å². The average molecular weight is 518 g/mol. The molecule has 10 heteroatoms. The Hall–Kier alpha value is -3.30. The first kappa shape index (κ1) is 27.3. The number of nitrogens with two attached hydrogens (primary N) is 1. The molecule has 1 aliphatic heterocycles. The van der Waals surface area contributed by atoms with Crippen LogP contribution in [0.25, 0.3) is 0 Å². The lowest BCUT2D eigenvalue weighted by Gasteiger charge is -2.30. The number of halogens is 1. The van der Waals surface area contributed by atoms with Crippen molar-refractivity contribution in [2.24, 2.45) is 5.73 Å². The van der Waals surface area contributed by atoms with Crippen LogP contribution in [0.3, 0.4) is 0 Å². The van der Waals surface area contributed by atoms with E-state index < -0.39 is 24.5 Å². The average Bonchev–Trinajstić information content (AvgIpc) is 2.85. The van der Waals surface area contributed by atoms with E-state index in [1.54, 1.807) is 50.2 Å². The standard InChI is InChI=1S/C26H32ClN3O6/c1-26(2,24(32)34-17-35-25(33)30-15-3-4-21(28)16-30)36-22-11-5-18(6-12-22)13-14-29-23(31)19-7-9-20(27)10-8-19/h5-12,21H,3-4,13-17,28H2,1-2H3,(H,29,31)/t21-/m1/s1. The number of ether oxygens (including phenoxy) is 3. The van der Waals surface area contributed by atoms with Gasteiger partial charge in [0.05, 0.1) is 0 Å². The van der Waals surface area contributed by atoms with E-state index in [1.165, 1.54) is 4.90 Å². The molecule has 0 bridgehead atoms. The summed E-state index contributed by atoms with van der Waals surface area (Å²) in [4.78, 5) is 38.2. The fourth-order valence-electron chi connectivity index (χ4n) is 3.66. The van der Waals surface area contributed by atoms with Crippen LogP contribution in [0.15, 0.2) is 48.5 Å². The van der Waals surface area contributed by atoms with Crippen LogP contribution in [0.5, 0.6) is 5.75 Å². The van der Waals surface area contributed by atoms with Crippen molar-refractivity contribution in [3.63, 3.8) is 0 Å². The molecule has 2 amide bonds. The van der Waals surface area contributed by atoms with Crippen LogP contribution in [0, 0.1) is 0 Å². The van der Waals surface area contributed by atoms with Crippen molar-refractivity contribution in [2.75, 3.05) is 26.4 Å². The highest BCUT2D eigenvalue weighted by Gasteiger charge is 2.32. The highest BCUT2D eigenvalue weighted by molar-refractivity contribution is 6.30. The summed E-state index contributed by atoms with van der Waals surface area (Å²) in [7, 11) is 0. The van der Waals surface area contributed by atoms with Gasteiger partial charge in [-0.1, -0.05) is 23.7 Å². The van der Waals surface area contributed by atoms with E-state index in [9.17, 15) is 14.4 Å². The molecular weight excluding hydrogens is 486 g/mol. The molecule has 0 unspecified atom stereocenters. The summed E-state index contributed by atoms with van der Waals surface area (Å²) in [6.07, 6.45) is 1.75. The Morgan fingerprint density at radius 2 is 1.78 bits per heavy atom. The quantitative estimate of drug-likeness (QED) is 0.385. The van der Waals surface area contributed by atoms with Gasteiger partial charge in [-0.3, -0.25) is 4.79 Å². The Morgan fingerprint density at radius 3 is 2.44 bits per heavy atom. The summed E-state index contributed by atoms with van der Waals surface area (Å²) in [5, 5.41) is 3.44. The second kappa shape index (κ2) is 12.6. The maximum Gasteiger partial charge on any atom is 0.412 e. The number of rotatable bonds is 9. The van der Waals surface area contributed by atoms with E-state index >= 15 is 0 Å². The molecule has 0 saturated carbocycles. The Kier molecular flexibility index (Phi) is 9.55. The topological polar surface area (TPSA) is 120 Å². The van der Waals surface area contributed by atoms with Gasteiger partial charge in [0, 0.05) is 36.3 Å². The lowest BCUT2D eigenvalue weighted by Crippen LogP contribution is -2.46. The Morgan fingerprint density at radius 1 is 1.08 bits per heavy atom. The number of piperidine rings is 1. The van der Waals surface area contributed by atoms with Crippen molar-refractivity contribution in [3.05, 3.63) is 64.7 Å². The van der Waals surface area contributed by atoms with Crippen LogP contribution < -0.4 is 15.8 Å². The number of hydrogen-bond acceptors (Lipinski definition) is 7. The van der Waals surface area contributed by atoms with Crippen LogP contribution in [0.1, 0.15) is 42.6 Å². The number of nitrogens with zero attached hydrogens (tertiary/aromatic N) is 1. The molecule has 1 heterocycles. The molecule has 0 spiro atoms. The van der Waals surface area contributed by atoms with Gasteiger partial charge in [-0.05, 0) is 75.1 Å². The molecule has 3 rings (SSSR count). The predicted octanol–water partition coefficient (Wildman–Crippen LogP) is 3.53.